The van der Waals surface area contributed by atoms with E-state index < -0.39 is 17.8 Å². The van der Waals surface area contributed by atoms with Gasteiger partial charge in [-0.3, -0.25) is 4.98 Å². The number of rotatable bonds is 6. The summed E-state index contributed by atoms with van der Waals surface area (Å²) in [6.45, 7) is -0.0459. The molecule has 3 rings (SSSR count). The first-order valence-corrected chi connectivity index (χ1v) is 8.57. The lowest BCUT2D eigenvalue weighted by molar-refractivity contribution is -0.138. The van der Waals surface area contributed by atoms with Gasteiger partial charge in [0.05, 0.1) is 17.3 Å². The lowest BCUT2D eigenvalue weighted by atomic mass is 9.94. The summed E-state index contributed by atoms with van der Waals surface area (Å²) in [7, 11) is 0. The molecule has 3 aromatic rings. The van der Waals surface area contributed by atoms with E-state index in [4.69, 9.17) is 5.73 Å². The van der Waals surface area contributed by atoms with Gasteiger partial charge in [-0.2, -0.15) is 13.2 Å². The molecular weight excluding hydrogens is 351 g/mol. The van der Waals surface area contributed by atoms with Gasteiger partial charge in [0.15, 0.2) is 0 Å². The smallest absolute Gasteiger partial charge is 0.322 e. The van der Waals surface area contributed by atoms with Crippen LogP contribution in [0.5, 0.6) is 0 Å². The maximum atomic E-state index is 13.2. The molecule has 3 N–H and O–H groups in total. The minimum absolute atomic E-state index is 0.0459. The topological polar surface area (TPSA) is 50.9 Å². The van der Waals surface area contributed by atoms with Crippen LogP contribution >= 0.6 is 0 Å². The average Bonchev–Trinajstić information content (AvgIpc) is 2.69. The van der Waals surface area contributed by atoms with Gasteiger partial charge in [-0.25, -0.2) is 0 Å². The Hall–Kier alpha value is -2.70. The van der Waals surface area contributed by atoms with E-state index in [1.807, 2.05) is 60.7 Å². The number of nitrogens with one attached hydrogen (secondary N) is 1. The Balaban J connectivity index is 1.88. The van der Waals surface area contributed by atoms with Crippen molar-refractivity contribution < 1.29 is 13.2 Å². The molecule has 0 aliphatic carbocycles. The predicted octanol–water partition coefficient (Wildman–Crippen LogP) is 4.63. The highest BCUT2D eigenvalue weighted by Gasteiger charge is 2.34. The zero-order valence-corrected chi connectivity index (χ0v) is 14.5. The molecule has 0 bridgehead atoms. The van der Waals surface area contributed by atoms with Gasteiger partial charge in [0.2, 0.25) is 0 Å². The largest absolute Gasteiger partial charge is 0.418 e. The van der Waals surface area contributed by atoms with Crippen LogP contribution in [0.1, 0.15) is 34.5 Å². The number of hydrogen-bond acceptors (Lipinski definition) is 3. The number of pyridine rings is 1. The molecule has 0 radical (unpaired) electrons. The van der Waals surface area contributed by atoms with E-state index >= 15 is 0 Å². The van der Waals surface area contributed by atoms with Crippen LogP contribution in [0.3, 0.4) is 0 Å². The highest BCUT2D eigenvalue weighted by atomic mass is 19.4. The van der Waals surface area contributed by atoms with Gasteiger partial charge in [0.25, 0.3) is 0 Å². The molecule has 2 atom stereocenters. The fourth-order valence-corrected chi connectivity index (χ4v) is 3.02. The molecule has 1 heterocycles. The molecule has 2 aromatic carbocycles. The summed E-state index contributed by atoms with van der Waals surface area (Å²) >= 11 is 0. The van der Waals surface area contributed by atoms with Crippen molar-refractivity contribution in [3.8, 4) is 0 Å². The van der Waals surface area contributed by atoms with Gasteiger partial charge in [-0.1, -0.05) is 60.7 Å². The number of nitrogens with zero attached hydrogens (tertiary/aromatic N) is 1. The Kier molecular flexibility index (Phi) is 5.88. The number of benzene rings is 2. The number of halogens is 3. The maximum absolute atomic E-state index is 13.2. The van der Waals surface area contributed by atoms with Gasteiger partial charge >= 0.3 is 6.18 Å². The van der Waals surface area contributed by atoms with Gasteiger partial charge < -0.3 is 11.1 Å². The lowest BCUT2D eigenvalue weighted by Gasteiger charge is -2.26. The standard InChI is InChI=1S/C21H20F3N3/c22-21(23,24)17-12-7-13-26-18(17)14-27-20(16-10-5-2-6-11-16)19(25)15-8-3-1-4-9-15/h1-13,19-20,27H,14,25H2. The van der Waals surface area contributed by atoms with Gasteiger partial charge in [0.1, 0.15) is 0 Å². The number of aromatic nitrogens is 1. The summed E-state index contributed by atoms with van der Waals surface area (Å²) < 4.78 is 39.7. The summed E-state index contributed by atoms with van der Waals surface area (Å²) in [5.74, 6) is 0. The third-order valence-corrected chi connectivity index (χ3v) is 4.39. The molecule has 1 aromatic heterocycles. The second-order valence-corrected chi connectivity index (χ2v) is 6.20. The molecule has 0 aliphatic rings. The van der Waals surface area contributed by atoms with Crippen molar-refractivity contribution in [2.45, 2.75) is 24.8 Å². The second-order valence-electron chi connectivity index (χ2n) is 6.20. The van der Waals surface area contributed by atoms with Crippen LogP contribution in [-0.2, 0) is 12.7 Å². The van der Waals surface area contributed by atoms with Crippen LogP contribution in [-0.4, -0.2) is 4.98 Å². The van der Waals surface area contributed by atoms with E-state index in [1.165, 1.54) is 12.3 Å². The first-order chi connectivity index (χ1) is 13.0. The Bertz CT molecular complexity index is 851. The Morgan fingerprint density at radius 1 is 0.852 bits per heavy atom. The Morgan fingerprint density at radius 2 is 1.44 bits per heavy atom. The summed E-state index contributed by atoms with van der Waals surface area (Å²) in [6, 6.07) is 20.5. The lowest BCUT2D eigenvalue weighted by Crippen LogP contribution is -2.32. The van der Waals surface area contributed by atoms with Crippen molar-refractivity contribution in [2.75, 3.05) is 0 Å². The summed E-state index contributed by atoms with van der Waals surface area (Å²) in [6.07, 6.45) is -3.09. The fraction of sp³-hybridized carbons (Fsp3) is 0.190. The van der Waals surface area contributed by atoms with Crippen LogP contribution in [0, 0.1) is 0 Å². The SMILES string of the molecule is NC(c1ccccc1)C(NCc1ncccc1C(F)(F)F)c1ccccc1. The van der Waals surface area contributed by atoms with Gasteiger partial charge in [-0.15, -0.1) is 0 Å². The molecule has 27 heavy (non-hydrogen) atoms. The minimum Gasteiger partial charge on any atom is -0.322 e. The molecule has 0 saturated carbocycles. The average molecular weight is 371 g/mol. The van der Waals surface area contributed by atoms with Gasteiger partial charge in [-0.05, 0) is 23.3 Å². The van der Waals surface area contributed by atoms with Crippen LogP contribution in [0.15, 0.2) is 79.0 Å². The van der Waals surface area contributed by atoms with Crippen molar-refractivity contribution >= 4 is 0 Å². The normalized spacial score (nSPS) is 13.9. The zero-order chi connectivity index (χ0) is 19.3. The predicted molar refractivity (Wildman–Crippen MR) is 98.6 cm³/mol. The Morgan fingerprint density at radius 3 is 2.04 bits per heavy atom. The second kappa shape index (κ2) is 8.33. The highest BCUT2D eigenvalue weighted by molar-refractivity contribution is 5.28. The van der Waals surface area contributed by atoms with E-state index in [1.54, 1.807) is 0 Å². The molecular formula is C21H20F3N3. The molecule has 2 unspecified atom stereocenters. The number of alkyl halides is 3. The van der Waals surface area contributed by atoms with Crippen molar-refractivity contribution in [1.29, 1.82) is 0 Å². The minimum atomic E-state index is -4.45. The van der Waals surface area contributed by atoms with E-state index in [-0.39, 0.29) is 18.3 Å². The number of hydrogen-bond donors (Lipinski definition) is 2. The number of nitrogens with two attached hydrogens (primary N) is 1. The quantitative estimate of drug-likeness (QED) is 0.664. The zero-order valence-electron chi connectivity index (χ0n) is 14.5. The van der Waals surface area contributed by atoms with Crippen LogP contribution < -0.4 is 11.1 Å². The van der Waals surface area contributed by atoms with Crippen molar-refractivity contribution in [1.82, 2.24) is 10.3 Å². The highest BCUT2D eigenvalue weighted by Crippen LogP contribution is 2.32. The first-order valence-electron chi connectivity index (χ1n) is 8.57. The van der Waals surface area contributed by atoms with E-state index in [2.05, 4.69) is 10.3 Å². The molecule has 3 nitrogen and oxygen atoms in total. The molecule has 140 valence electrons. The van der Waals surface area contributed by atoms with Crippen molar-refractivity contribution in [2.24, 2.45) is 5.73 Å². The van der Waals surface area contributed by atoms with E-state index in [0.717, 1.165) is 17.2 Å². The first kappa shape index (κ1) is 19.1. The molecule has 0 fully saturated rings. The van der Waals surface area contributed by atoms with Crippen LogP contribution in [0.25, 0.3) is 0 Å². The summed E-state index contributed by atoms with van der Waals surface area (Å²) in [5.41, 5.74) is 7.47. The monoisotopic (exact) mass is 371 g/mol. The van der Waals surface area contributed by atoms with E-state index in [9.17, 15) is 13.2 Å². The van der Waals surface area contributed by atoms with Crippen LogP contribution in [0.2, 0.25) is 0 Å². The maximum Gasteiger partial charge on any atom is 0.418 e. The molecule has 0 spiro atoms. The molecule has 0 saturated heterocycles. The third kappa shape index (κ3) is 4.72. The molecule has 6 heteroatoms. The van der Waals surface area contributed by atoms with Crippen molar-refractivity contribution in [3.05, 3.63) is 101 Å². The Labute approximate surface area is 156 Å². The third-order valence-electron chi connectivity index (χ3n) is 4.39. The fourth-order valence-electron chi connectivity index (χ4n) is 3.02. The van der Waals surface area contributed by atoms with Crippen molar-refractivity contribution in [3.63, 3.8) is 0 Å². The summed E-state index contributed by atoms with van der Waals surface area (Å²) in [4.78, 5) is 3.92. The van der Waals surface area contributed by atoms with Crippen LogP contribution in [0.4, 0.5) is 13.2 Å². The summed E-state index contributed by atoms with van der Waals surface area (Å²) in [5, 5.41) is 3.18. The van der Waals surface area contributed by atoms with Gasteiger partial charge in [0, 0.05) is 18.8 Å². The molecule has 0 amide bonds. The van der Waals surface area contributed by atoms with E-state index in [0.29, 0.717) is 0 Å². The molecule has 0 aliphatic heterocycles.